The SMILES string of the molecule is [N-]=[N+]=NC1CNC2C(c3ccccc3)CCN2C1. The average molecular weight is 243 g/mol. The number of azide groups is 1. The summed E-state index contributed by atoms with van der Waals surface area (Å²) in [6, 6.07) is 10.7. The highest BCUT2D eigenvalue weighted by Gasteiger charge is 2.38. The van der Waals surface area contributed by atoms with Gasteiger partial charge in [0.15, 0.2) is 0 Å². The molecule has 5 heteroatoms. The Morgan fingerprint density at radius 3 is 2.94 bits per heavy atom. The summed E-state index contributed by atoms with van der Waals surface area (Å²) in [5.41, 5.74) is 9.90. The van der Waals surface area contributed by atoms with Gasteiger partial charge in [0.05, 0.1) is 12.2 Å². The predicted octanol–water partition coefficient (Wildman–Crippen LogP) is 2.08. The van der Waals surface area contributed by atoms with Gasteiger partial charge in [0.25, 0.3) is 0 Å². The van der Waals surface area contributed by atoms with Crippen molar-refractivity contribution in [3.63, 3.8) is 0 Å². The molecular formula is C13H17N5. The lowest BCUT2D eigenvalue weighted by Crippen LogP contribution is -2.55. The van der Waals surface area contributed by atoms with Gasteiger partial charge in [0.1, 0.15) is 0 Å². The van der Waals surface area contributed by atoms with E-state index in [-0.39, 0.29) is 6.04 Å². The second kappa shape index (κ2) is 4.98. The third kappa shape index (κ3) is 2.08. The van der Waals surface area contributed by atoms with Crippen molar-refractivity contribution in [2.24, 2.45) is 5.11 Å². The Morgan fingerprint density at radius 2 is 2.17 bits per heavy atom. The van der Waals surface area contributed by atoms with Crippen LogP contribution in [-0.4, -0.2) is 36.7 Å². The van der Waals surface area contributed by atoms with Crippen LogP contribution < -0.4 is 5.32 Å². The summed E-state index contributed by atoms with van der Waals surface area (Å²) < 4.78 is 0. The molecule has 1 N–H and O–H groups in total. The van der Waals surface area contributed by atoms with E-state index in [0.29, 0.717) is 12.1 Å². The van der Waals surface area contributed by atoms with Gasteiger partial charge >= 0.3 is 0 Å². The molecule has 94 valence electrons. The van der Waals surface area contributed by atoms with Crippen LogP contribution in [0.15, 0.2) is 35.4 Å². The highest BCUT2D eigenvalue weighted by atomic mass is 15.3. The van der Waals surface area contributed by atoms with E-state index in [1.165, 1.54) is 12.0 Å². The maximum Gasteiger partial charge on any atom is 0.0668 e. The molecule has 0 saturated carbocycles. The number of rotatable bonds is 2. The first-order chi connectivity index (χ1) is 8.88. The summed E-state index contributed by atoms with van der Waals surface area (Å²) in [5, 5.41) is 7.34. The summed E-state index contributed by atoms with van der Waals surface area (Å²) in [6.07, 6.45) is 1.57. The zero-order valence-corrected chi connectivity index (χ0v) is 10.2. The van der Waals surface area contributed by atoms with Crippen molar-refractivity contribution >= 4 is 0 Å². The number of nitrogens with zero attached hydrogens (tertiary/aromatic N) is 4. The minimum atomic E-state index is 0.0702. The monoisotopic (exact) mass is 243 g/mol. The lowest BCUT2D eigenvalue weighted by atomic mass is 9.95. The van der Waals surface area contributed by atoms with Crippen molar-refractivity contribution in [3.8, 4) is 0 Å². The first-order valence-corrected chi connectivity index (χ1v) is 6.45. The Labute approximate surface area is 106 Å². The zero-order chi connectivity index (χ0) is 12.4. The topological polar surface area (TPSA) is 64.0 Å². The second-order valence-electron chi connectivity index (χ2n) is 5.01. The van der Waals surface area contributed by atoms with E-state index in [1.54, 1.807) is 0 Å². The first-order valence-electron chi connectivity index (χ1n) is 6.45. The molecule has 3 rings (SSSR count). The molecule has 0 spiro atoms. The number of nitrogens with one attached hydrogen (secondary N) is 1. The van der Waals surface area contributed by atoms with Crippen LogP contribution in [0.5, 0.6) is 0 Å². The molecule has 2 aliphatic heterocycles. The van der Waals surface area contributed by atoms with Gasteiger partial charge in [-0.3, -0.25) is 4.90 Å². The van der Waals surface area contributed by atoms with Gasteiger partial charge in [0.2, 0.25) is 0 Å². The summed E-state index contributed by atoms with van der Waals surface area (Å²) in [6.45, 7) is 2.74. The lowest BCUT2D eigenvalue weighted by Gasteiger charge is -2.36. The van der Waals surface area contributed by atoms with Crippen molar-refractivity contribution in [2.45, 2.75) is 24.5 Å². The number of hydrogen-bond acceptors (Lipinski definition) is 3. The van der Waals surface area contributed by atoms with E-state index in [0.717, 1.165) is 19.6 Å². The Balaban J connectivity index is 1.74. The fourth-order valence-electron chi connectivity index (χ4n) is 3.12. The maximum atomic E-state index is 8.50. The third-order valence-corrected chi connectivity index (χ3v) is 3.95. The van der Waals surface area contributed by atoms with E-state index in [2.05, 4.69) is 50.6 Å². The van der Waals surface area contributed by atoms with Gasteiger partial charge in [-0.15, -0.1) is 0 Å². The summed E-state index contributed by atoms with van der Waals surface area (Å²) in [4.78, 5) is 5.31. The number of hydrogen-bond donors (Lipinski definition) is 1. The van der Waals surface area contributed by atoms with Crippen LogP contribution in [0.1, 0.15) is 17.9 Å². The minimum Gasteiger partial charge on any atom is -0.301 e. The minimum absolute atomic E-state index is 0.0702. The molecule has 1 aromatic carbocycles. The Hall–Kier alpha value is -1.55. The first kappa shape index (κ1) is 11.5. The number of fused-ring (bicyclic) bond motifs is 1. The van der Waals surface area contributed by atoms with Gasteiger partial charge in [0, 0.05) is 30.5 Å². The highest BCUT2D eigenvalue weighted by Crippen LogP contribution is 2.33. The molecule has 2 aliphatic rings. The van der Waals surface area contributed by atoms with Crippen LogP contribution in [0.25, 0.3) is 10.4 Å². The van der Waals surface area contributed by atoms with Gasteiger partial charge in [-0.1, -0.05) is 35.4 Å². The van der Waals surface area contributed by atoms with Crippen molar-refractivity contribution < 1.29 is 0 Å². The zero-order valence-electron chi connectivity index (χ0n) is 10.2. The molecule has 18 heavy (non-hydrogen) atoms. The van der Waals surface area contributed by atoms with Crippen molar-refractivity contribution in [1.29, 1.82) is 0 Å². The molecule has 1 aromatic rings. The van der Waals surface area contributed by atoms with Crippen LogP contribution in [0, 0.1) is 0 Å². The average Bonchev–Trinajstić information content (AvgIpc) is 2.83. The molecule has 5 nitrogen and oxygen atoms in total. The van der Waals surface area contributed by atoms with E-state index >= 15 is 0 Å². The molecule has 0 aromatic heterocycles. The largest absolute Gasteiger partial charge is 0.301 e. The molecular weight excluding hydrogens is 226 g/mol. The Kier molecular flexibility index (Phi) is 3.19. The standard InChI is InChI=1S/C13H17N5/c14-17-16-11-8-15-13-12(6-7-18(13)9-11)10-4-2-1-3-5-10/h1-5,11-13,15H,6-9H2. The highest BCUT2D eigenvalue weighted by molar-refractivity contribution is 5.23. The van der Waals surface area contributed by atoms with E-state index in [1.807, 2.05) is 0 Å². The van der Waals surface area contributed by atoms with Gasteiger partial charge < -0.3 is 5.32 Å². The lowest BCUT2D eigenvalue weighted by molar-refractivity contribution is 0.154. The van der Waals surface area contributed by atoms with Crippen LogP contribution in [0.2, 0.25) is 0 Å². The smallest absolute Gasteiger partial charge is 0.0668 e. The van der Waals surface area contributed by atoms with Crippen molar-refractivity contribution in [2.75, 3.05) is 19.6 Å². The van der Waals surface area contributed by atoms with E-state index < -0.39 is 0 Å². The summed E-state index contributed by atoms with van der Waals surface area (Å²) in [5.74, 6) is 0.554. The Morgan fingerprint density at radius 1 is 1.33 bits per heavy atom. The second-order valence-corrected chi connectivity index (χ2v) is 5.01. The quantitative estimate of drug-likeness (QED) is 0.491. The summed E-state index contributed by atoms with van der Waals surface area (Å²) >= 11 is 0. The molecule has 0 radical (unpaired) electrons. The molecule has 2 fully saturated rings. The van der Waals surface area contributed by atoms with Crippen LogP contribution in [-0.2, 0) is 0 Å². The molecule has 3 atom stereocenters. The van der Waals surface area contributed by atoms with E-state index in [4.69, 9.17) is 5.53 Å². The van der Waals surface area contributed by atoms with Crippen LogP contribution >= 0.6 is 0 Å². The molecule has 2 heterocycles. The molecule has 2 saturated heterocycles. The van der Waals surface area contributed by atoms with Gasteiger partial charge in [-0.25, -0.2) is 0 Å². The van der Waals surface area contributed by atoms with Crippen molar-refractivity contribution in [1.82, 2.24) is 10.2 Å². The normalized spacial score (nSPS) is 31.7. The molecule has 0 bridgehead atoms. The fraction of sp³-hybridized carbons (Fsp3) is 0.538. The molecule has 3 unspecified atom stereocenters. The van der Waals surface area contributed by atoms with Crippen molar-refractivity contribution in [3.05, 3.63) is 46.3 Å². The van der Waals surface area contributed by atoms with Crippen LogP contribution in [0.3, 0.4) is 0 Å². The van der Waals surface area contributed by atoms with Crippen LogP contribution in [0.4, 0.5) is 0 Å². The predicted molar refractivity (Wildman–Crippen MR) is 70.1 cm³/mol. The third-order valence-electron chi connectivity index (χ3n) is 3.95. The van der Waals surface area contributed by atoms with Gasteiger partial charge in [-0.2, -0.15) is 0 Å². The molecule has 0 aliphatic carbocycles. The van der Waals surface area contributed by atoms with Gasteiger partial charge in [-0.05, 0) is 17.5 Å². The maximum absolute atomic E-state index is 8.50. The Bertz CT molecular complexity index is 454. The number of benzene rings is 1. The fourth-order valence-corrected chi connectivity index (χ4v) is 3.12. The summed E-state index contributed by atoms with van der Waals surface area (Å²) in [7, 11) is 0. The molecule has 0 amide bonds. The van der Waals surface area contributed by atoms with E-state index in [9.17, 15) is 0 Å².